The van der Waals surface area contributed by atoms with E-state index in [0.717, 1.165) is 62.0 Å². The molecule has 0 aliphatic carbocycles. The molecule has 1 aliphatic heterocycles. The van der Waals surface area contributed by atoms with Gasteiger partial charge in [0.05, 0.1) is 5.52 Å². The van der Waals surface area contributed by atoms with Gasteiger partial charge in [-0.25, -0.2) is 4.98 Å². The molecule has 186 valence electrons. The maximum absolute atomic E-state index is 6.32. The van der Waals surface area contributed by atoms with Gasteiger partial charge in [-0.3, -0.25) is 0 Å². The lowest BCUT2D eigenvalue weighted by atomic mass is 9.92. The highest BCUT2D eigenvalue weighted by molar-refractivity contribution is 7.99. The van der Waals surface area contributed by atoms with E-state index in [-0.39, 0.29) is 0 Å². The molecule has 4 nitrogen and oxygen atoms in total. The maximum atomic E-state index is 6.32. The monoisotopic (exact) mass is 497 g/mol. The number of pyridine rings is 1. The van der Waals surface area contributed by atoms with E-state index in [2.05, 4.69) is 85.9 Å². The Bertz CT molecular complexity index is 1330. The third-order valence-electron chi connectivity index (χ3n) is 7.16. The normalized spacial score (nSPS) is 14.4. The Morgan fingerprint density at radius 1 is 0.917 bits per heavy atom. The van der Waals surface area contributed by atoms with Crippen molar-refractivity contribution < 1.29 is 4.74 Å². The minimum atomic E-state index is 0.629. The first kappa shape index (κ1) is 24.8. The number of nitrogens with zero attached hydrogens (tertiary/aromatic N) is 1. The zero-order chi connectivity index (χ0) is 24.9. The molecule has 0 bridgehead atoms. The SMILES string of the molecule is Cc1cccc(C)c1CNCc1cccc(Sc2ccc3nc(N)c(CC4CCOCC4)cc3c2)c1. The van der Waals surface area contributed by atoms with Crippen LogP contribution in [0.15, 0.2) is 76.5 Å². The summed E-state index contributed by atoms with van der Waals surface area (Å²) in [6.07, 6.45) is 3.18. The summed E-state index contributed by atoms with van der Waals surface area (Å²) in [6.45, 7) is 7.80. The molecule has 3 aromatic carbocycles. The number of hydrogen-bond acceptors (Lipinski definition) is 5. The van der Waals surface area contributed by atoms with Crippen molar-refractivity contribution in [2.24, 2.45) is 5.92 Å². The van der Waals surface area contributed by atoms with Gasteiger partial charge in [0.1, 0.15) is 5.82 Å². The van der Waals surface area contributed by atoms with E-state index < -0.39 is 0 Å². The molecule has 3 N–H and O–H groups in total. The van der Waals surface area contributed by atoms with Crippen LogP contribution >= 0.6 is 11.8 Å². The second-order valence-electron chi connectivity index (χ2n) is 9.87. The fraction of sp³-hybridized carbons (Fsp3) is 0.323. The van der Waals surface area contributed by atoms with E-state index in [1.165, 1.54) is 32.0 Å². The summed E-state index contributed by atoms with van der Waals surface area (Å²) >= 11 is 1.79. The molecule has 0 amide bonds. The summed E-state index contributed by atoms with van der Waals surface area (Å²) in [5, 5.41) is 4.78. The third kappa shape index (κ3) is 6.09. The van der Waals surface area contributed by atoms with Gasteiger partial charge in [-0.05, 0) is 103 Å². The molecular weight excluding hydrogens is 462 g/mol. The van der Waals surface area contributed by atoms with Crippen molar-refractivity contribution in [3.63, 3.8) is 0 Å². The van der Waals surface area contributed by atoms with Crippen LogP contribution in [0.2, 0.25) is 0 Å². The molecule has 1 aromatic heterocycles. The quantitative estimate of drug-likeness (QED) is 0.279. The second kappa shape index (κ2) is 11.5. The minimum absolute atomic E-state index is 0.629. The third-order valence-corrected chi connectivity index (χ3v) is 8.14. The van der Waals surface area contributed by atoms with E-state index in [4.69, 9.17) is 15.5 Å². The Morgan fingerprint density at radius 3 is 2.47 bits per heavy atom. The van der Waals surface area contributed by atoms with E-state index in [1.807, 2.05) is 0 Å². The molecule has 1 aliphatic rings. The van der Waals surface area contributed by atoms with Crippen LogP contribution in [-0.2, 0) is 24.2 Å². The number of nitrogens with two attached hydrogens (primary N) is 1. The Labute approximate surface area is 218 Å². The predicted molar refractivity (Wildman–Crippen MR) is 150 cm³/mol. The van der Waals surface area contributed by atoms with Crippen LogP contribution in [0.5, 0.6) is 0 Å². The van der Waals surface area contributed by atoms with E-state index >= 15 is 0 Å². The van der Waals surface area contributed by atoms with E-state index in [1.54, 1.807) is 11.8 Å². The number of benzene rings is 3. The molecule has 0 unspecified atom stereocenters. The Morgan fingerprint density at radius 2 is 1.67 bits per heavy atom. The lowest BCUT2D eigenvalue weighted by molar-refractivity contribution is 0.0666. The molecule has 0 radical (unpaired) electrons. The van der Waals surface area contributed by atoms with Gasteiger partial charge in [0, 0.05) is 41.5 Å². The molecule has 4 aromatic rings. The Hall–Kier alpha value is -2.86. The summed E-state index contributed by atoms with van der Waals surface area (Å²) < 4.78 is 5.52. The van der Waals surface area contributed by atoms with Crippen LogP contribution in [0.3, 0.4) is 0 Å². The van der Waals surface area contributed by atoms with Crippen LogP contribution in [0.25, 0.3) is 10.9 Å². The predicted octanol–water partition coefficient (Wildman–Crippen LogP) is 6.84. The van der Waals surface area contributed by atoms with Crippen molar-refractivity contribution >= 4 is 28.5 Å². The van der Waals surface area contributed by atoms with Crippen LogP contribution in [0.1, 0.15) is 40.7 Å². The van der Waals surface area contributed by atoms with Crippen LogP contribution in [0.4, 0.5) is 5.82 Å². The van der Waals surface area contributed by atoms with E-state index in [9.17, 15) is 0 Å². The van der Waals surface area contributed by atoms with Crippen LogP contribution in [0, 0.1) is 19.8 Å². The van der Waals surface area contributed by atoms with Crippen LogP contribution in [-0.4, -0.2) is 18.2 Å². The maximum Gasteiger partial charge on any atom is 0.127 e. The van der Waals surface area contributed by atoms with Gasteiger partial charge >= 0.3 is 0 Å². The number of anilines is 1. The van der Waals surface area contributed by atoms with Gasteiger partial charge in [-0.15, -0.1) is 0 Å². The molecule has 5 rings (SSSR count). The molecule has 36 heavy (non-hydrogen) atoms. The molecule has 1 saturated heterocycles. The molecule has 2 heterocycles. The summed E-state index contributed by atoms with van der Waals surface area (Å²) in [6, 6.07) is 24.0. The zero-order valence-corrected chi connectivity index (χ0v) is 22.0. The van der Waals surface area contributed by atoms with Gasteiger partial charge in [-0.2, -0.15) is 0 Å². The Kier molecular flexibility index (Phi) is 7.90. The average Bonchev–Trinajstić information content (AvgIpc) is 2.87. The smallest absolute Gasteiger partial charge is 0.127 e. The van der Waals surface area contributed by atoms with Crippen molar-refractivity contribution in [2.75, 3.05) is 18.9 Å². The molecule has 0 saturated carbocycles. The highest BCUT2D eigenvalue weighted by Crippen LogP contribution is 2.32. The fourth-order valence-electron chi connectivity index (χ4n) is 5.02. The molecule has 5 heteroatoms. The number of nitrogens with one attached hydrogen (secondary N) is 1. The van der Waals surface area contributed by atoms with Gasteiger partial charge in [0.2, 0.25) is 0 Å². The molecular formula is C31H35N3OS. The van der Waals surface area contributed by atoms with Gasteiger partial charge < -0.3 is 15.8 Å². The lowest BCUT2D eigenvalue weighted by Crippen LogP contribution is -2.18. The van der Waals surface area contributed by atoms with E-state index in [0.29, 0.717) is 11.7 Å². The summed E-state index contributed by atoms with van der Waals surface area (Å²) in [4.78, 5) is 7.16. The zero-order valence-electron chi connectivity index (χ0n) is 21.2. The molecule has 1 fully saturated rings. The van der Waals surface area contributed by atoms with Crippen molar-refractivity contribution in [1.82, 2.24) is 10.3 Å². The van der Waals surface area contributed by atoms with Crippen molar-refractivity contribution in [3.8, 4) is 0 Å². The number of nitrogen functional groups attached to an aromatic ring is 1. The fourth-order valence-corrected chi connectivity index (χ4v) is 5.97. The minimum Gasteiger partial charge on any atom is -0.383 e. The topological polar surface area (TPSA) is 60.2 Å². The number of aryl methyl sites for hydroxylation is 2. The Balaban J connectivity index is 1.26. The summed E-state index contributed by atoms with van der Waals surface area (Å²) in [5.41, 5.74) is 13.8. The highest BCUT2D eigenvalue weighted by Gasteiger charge is 2.16. The number of rotatable bonds is 8. The largest absolute Gasteiger partial charge is 0.383 e. The first-order valence-electron chi connectivity index (χ1n) is 12.8. The van der Waals surface area contributed by atoms with Gasteiger partial charge in [0.15, 0.2) is 0 Å². The van der Waals surface area contributed by atoms with Crippen molar-refractivity contribution in [3.05, 3.63) is 94.5 Å². The molecule has 0 spiro atoms. The summed E-state index contributed by atoms with van der Waals surface area (Å²) in [5.74, 6) is 1.29. The highest BCUT2D eigenvalue weighted by atomic mass is 32.2. The van der Waals surface area contributed by atoms with Crippen molar-refractivity contribution in [1.29, 1.82) is 0 Å². The second-order valence-corrected chi connectivity index (χ2v) is 11.0. The average molecular weight is 498 g/mol. The number of hydrogen-bond donors (Lipinski definition) is 2. The number of ether oxygens (including phenoxy) is 1. The summed E-state index contributed by atoms with van der Waals surface area (Å²) in [7, 11) is 0. The first-order chi connectivity index (χ1) is 17.5. The first-order valence-corrected chi connectivity index (χ1v) is 13.7. The van der Waals surface area contributed by atoms with Gasteiger partial charge in [0.25, 0.3) is 0 Å². The molecule has 0 atom stereocenters. The lowest BCUT2D eigenvalue weighted by Gasteiger charge is -2.22. The number of aromatic nitrogens is 1. The van der Waals surface area contributed by atoms with Crippen LogP contribution < -0.4 is 11.1 Å². The van der Waals surface area contributed by atoms with Gasteiger partial charge in [-0.1, -0.05) is 42.1 Å². The van der Waals surface area contributed by atoms with Crippen molar-refractivity contribution in [2.45, 2.75) is 56.0 Å². The standard InChI is InChI=1S/C31H35N3OS/c1-21-5-3-6-22(2)29(21)20-33-19-24-7-4-8-27(16-24)36-28-9-10-30-25(18-28)17-26(31(32)34-30)15-23-11-13-35-14-12-23/h3-10,16-18,23,33H,11-15,19-20H2,1-2H3,(H2,32,34). The number of fused-ring (bicyclic) bond motifs is 1.